The molecular formula is C25H28ClNO4. The van der Waals surface area contributed by atoms with Gasteiger partial charge in [0.25, 0.3) is 5.91 Å². The van der Waals surface area contributed by atoms with Crippen LogP contribution in [0.4, 0.5) is 0 Å². The number of piperidine rings is 1. The standard InChI is InChI=1S/C25H28ClNO4/c26-21-10-8-20(9-11-21)23(28)27-15-13-25(14-16-27)12-4-3-6-19-5-1-2-7-22(19)30-17-18-31-24(25)29/h1-2,5,7-11H,3-4,6,12-18H2. The average molecular weight is 442 g/mol. The molecule has 1 fully saturated rings. The molecule has 0 radical (unpaired) electrons. The van der Waals surface area contributed by atoms with Gasteiger partial charge in [0.15, 0.2) is 0 Å². The number of ether oxygens (including phenoxy) is 2. The zero-order valence-corrected chi connectivity index (χ0v) is 18.4. The molecule has 5 nitrogen and oxygen atoms in total. The lowest BCUT2D eigenvalue weighted by Crippen LogP contribution is -2.47. The van der Waals surface area contributed by atoms with Gasteiger partial charge in [-0.25, -0.2) is 0 Å². The molecule has 2 aliphatic heterocycles. The largest absolute Gasteiger partial charge is 0.490 e. The molecule has 0 atom stereocenters. The Balaban J connectivity index is 1.41. The van der Waals surface area contributed by atoms with Crippen molar-refractivity contribution in [3.63, 3.8) is 0 Å². The van der Waals surface area contributed by atoms with Crippen molar-refractivity contribution in [2.75, 3.05) is 26.3 Å². The molecule has 0 N–H and O–H groups in total. The predicted octanol–water partition coefficient (Wildman–Crippen LogP) is 4.91. The van der Waals surface area contributed by atoms with E-state index in [1.807, 2.05) is 23.1 Å². The van der Waals surface area contributed by atoms with E-state index in [1.165, 1.54) is 5.56 Å². The van der Waals surface area contributed by atoms with Crippen LogP contribution in [0.5, 0.6) is 5.75 Å². The number of hydrogen-bond acceptors (Lipinski definition) is 4. The van der Waals surface area contributed by atoms with Gasteiger partial charge in [-0.3, -0.25) is 9.59 Å². The molecule has 2 heterocycles. The van der Waals surface area contributed by atoms with Crippen LogP contribution in [0.3, 0.4) is 0 Å². The second-order valence-electron chi connectivity index (χ2n) is 8.38. The molecule has 2 aromatic rings. The summed E-state index contributed by atoms with van der Waals surface area (Å²) in [5.41, 5.74) is 1.31. The Kier molecular flexibility index (Phi) is 6.81. The third kappa shape index (κ3) is 5.04. The lowest BCUT2D eigenvalue weighted by molar-refractivity contribution is -0.160. The Morgan fingerprint density at radius 3 is 2.39 bits per heavy atom. The van der Waals surface area contributed by atoms with Gasteiger partial charge < -0.3 is 14.4 Å². The summed E-state index contributed by atoms with van der Waals surface area (Å²) >= 11 is 5.93. The van der Waals surface area contributed by atoms with Crippen molar-refractivity contribution in [3.05, 3.63) is 64.7 Å². The molecule has 0 aromatic heterocycles. The third-order valence-corrected chi connectivity index (χ3v) is 6.68. The van der Waals surface area contributed by atoms with Crippen molar-refractivity contribution in [2.45, 2.75) is 38.5 Å². The van der Waals surface area contributed by atoms with Gasteiger partial charge in [-0.1, -0.05) is 36.2 Å². The molecule has 0 unspecified atom stereocenters. The lowest BCUT2D eigenvalue weighted by Gasteiger charge is -2.40. The maximum atomic E-state index is 13.0. The van der Waals surface area contributed by atoms with E-state index in [4.69, 9.17) is 21.1 Å². The van der Waals surface area contributed by atoms with Gasteiger partial charge in [-0.05, 0) is 68.0 Å². The fourth-order valence-corrected chi connectivity index (χ4v) is 4.66. The van der Waals surface area contributed by atoms with Crippen LogP contribution in [0, 0.1) is 5.41 Å². The van der Waals surface area contributed by atoms with Crippen LogP contribution in [-0.2, 0) is 16.0 Å². The number of carbonyl (C=O) groups excluding carboxylic acids is 2. The van der Waals surface area contributed by atoms with Gasteiger partial charge >= 0.3 is 5.97 Å². The lowest BCUT2D eigenvalue weighted by atomic mass is 9.74. The fraction of sp³-hybridized carbons (Fsp3) is 0.440. The molecule has 4 rings (SSSR count). The summed E-state index contributed by atoms with van der Waals surface area (Å²) < 4.78 is 11.5. The second kappa shape index (κ2) is 9.73. The number of halogens is 1. The molecular weight excluding hydrogens is 414 g/mol. The van der Waals surface area contributed by atoms with Gasteiger partial charge in [0.2, 0.25) is 0 Å². The molecule has 1 amide bonds. The van der Waals surface area contributed by atoms with E-state index in [1.54, 1.807) is 24.3 Å². The fourth-order valence-electron chi connectivity index (χ4n) is 4.54. The number of likely N-dealkylation sites (tertiary alicyclic amines) is 1. The molecule has 6 heteroatoms. The maximum Gasteiger partial charge on any atom is 0.312 e. The highest BCUT2D eigenvalue weighted by atomic mass is 35.5. The number of esters is 1. The number of carbonyl (C=O) groups is 2. The third-order valence-electron chi connectivity index (χ3n) is 6.43. The van der Waals surface area contributed by atoms with Crippen molar-refractivity contribution in [3.8, 4) is 5.75 Å². The van der Waals surface area contributed by atoms with Crippen molar-refractivity contribution in [1.29, 1.82) is 0 Å². The Labute approximate surface area is 188 Å². The zero-order valence-electron chi connectivity index (χ0n) is 17.6. The highest BCUT2D eigenvalue weighted by Gasteiger charge is 2.43. The Hall–Kier alpha value is -2.53. The number of cyclic esters (lactones) is 1. The first-order valence-corrected chi connectivity index (χ1v) is 11.4. The minimum atomic E-state index is -0.518. The number of benzene rings is 2. The molecule has 1 spiro atoms. The van der Waals surface area contributed by atoms with E-state index in [0.29, 0.717) is 43.1 Å². The van der Waals surface area contributed by atoms with Crippen LogP contribution in [0.1, 0.15) is 48.0 Å². The van der Waals surface area contributed by atoms with Gasteiger partial charge in [0, 0.05) is 23.7 Å². The van der Waals surface area contributed by atoms with Gasteiger partial charge in [0.05, 0.1) is 5.41 Å². The van der Waals surface area contributed by atoms with Crippen LogP contribution in [-0.4, -0.2) is 43.1 Å². The van der Waals surface area contributed by atoms with Crippen LogP contribution in [0.15, 0.2) is 48.5 Å². The molecule has 164 valence electrons. The smallest absolute Gasteiger partial charge is 0.312 e. The zero-order chi connectivity index (χ0) is 21.7. The predicted molar refractivity (Wildman–Crippen MR) is 119 cm³/mol. The maximum absolute atomic E-state index is 13.0. The van der Waals surface area contributed by atoms with Crippen LogP contribution in [0.2, 0.25) is 5.02 Å². The summed E-state index contributed by atoms with van der Waals surface area (Å²) in [7, 11) is 0. The number of nitrogens with zero attached hydrogens (tertiary/aromatic N) is 1. The minimum Gasteiger partial charge on any atom is -0.490 e. The van der Waals surface area contributed by atoms with E-state index in [0.717, 1.165) is 31.4 Å². The number of rotatable bonds is 1. The minimum absolute atomic E-state index is 0.0157. The summed E-state index contributed by atoms with van der Waals surface area (Å²) in [5.74, 6) is 0.712. The van der Waals surface area contributed by atoms with Crippen molar-refractivity contribution < 1.29 is 19.1 Å². The number of fused-ring (bicyclic) bond motifs is 1. The summed E-state index contributed by atoms with van der Waals surface area (Å²) in [6.07, 6.45) is 4.91. The van der Waals surface area contributed by atoms with Crippen LogP contribution in [0.25, 0.3) is 0 Å². The van der Waals surface area contributed by atoms with E-state index >= 15 is 0 Å². The summed E-state index contributed by atoms with van der Waals surface area (Å²) in [6.45, 7) is 1.69. The molecule has 0 saturated carbocycles. The normalized spacial score (nSPS) is 19.4. The topological polar surface area (TPSA) is 55.8 Å². The SMILES string of the molecule is O=C(c1ccc(Cl)cc1)N1CCC2(CCCCc3ccccc3OCCOC2=O)CC1. The van der Waals surface area contributed by atoms with Crippen molar-refractivity contribution >= 4 is 23.5 Å². The molecule has 31 heavy (non-hydrogen) atoms. The van der Waals surface area contributed by atoms with Crippen LogP contribution >= 0.6 is 11.6 Å². The Morgan fingerprint density at radius 2 is 1.61 bits per heavy atom. The van der Waals surface area contributed by atoms with E-state index in [9.17, 15) is 9.59 Å². The summed E-state index contributed by atoms with van der Waals surface area (Å²) in [6, 6.07) is 15.0. The first kappa shape index (κ1) is 21.7. The van der Waals surface area contributed by atoms with Gasteiger partial charge in [0.1, 0.15) is 19.0 Å². The highest BCUT2D eigenvalue weighted by molar-refractivity contribution is 6.30. The molecule has 2 aliphatic rings. The quantitative estimate of drug-likeness (QED) is 0.590. The summed E-state index contributed by atoms with van der Waals surface area (Å²) in [5, 5.41) is 0.608. The van der Waals surface area contributed by atoms with Crippen LogP contribution < -0.4 is 4.74 Å². The number of amides is 1. The molecule has 0 aliphatic carbocycles. The second-order valence-corrected chi connectivity index (χ2v) is 8.82. The molecule has 0 bridgehead atoms. The van der Waals surface area contributed by atoms with Gasteiger partial charge in [-0.15, -0.1) is 0 Å². The Morgan fingerprint density at radius 1 is 0.903 bits per heavy atom. The van der Waals surface area contributed by atoms with Gasteiger partial charge in [-0.2, -0.15) is 0 Å². The first-order valence-electron chi connectivity index (χ1n) is 11.0. The van der Waals surface area contributed by atoms with E-state index in [-0.39, 0.29) is 18.5 Å². The number of para-hydroxylation sites is 1. The molecule has 2 aromatic carbocycles. The summed E-state index contributed by atoms with van der Waals surface area (Å²) in [4.78, 5) is 27.7. The van der Waals surface area contributed by atoms with Crippen molar-refractivity contribution in [2.24, 2.45) is 5.41 Å². The monoisotopic (exact) mass is 441 g/mol. The van der Waals surface area contributed by atoms with E-state index in [2.05, 4.69) is 6.07 Å². The first-order chi connectivity index (χ1) is 15.1. The van der Waals surface area contributed by atoms with E-state index < -0.39 is 5.41 Å². The number of hydrogen-bond donors (Lipinski definition) is 0. The highest BCUT2D eigenvalue weighted by Crippen LogP contribution is 2.39. The Bertz CT molecular complexity index is 919. The average Bonchev–Trinajstić information content (AvgIpc) is 2.80. The van der Waals surface area contributed by atoms with Crippen molar-refractivity contribution in [1.82, 2.24) is 4.90 Å². The number of aryl methyl sites for hydroxylation is 1. The molecule has 1 saturated heterocycles.